The molecular weight excluding hydrogens is 452 g/mol. The Labute approximate surface area is 211 Å². The number of aromatic amines is 1. The number of likely N-dealkylation sites (N-methyl/N-ethyl adjacent to an activating group) is 1. The molecular formula is C29H36N4O3. The van der Waals surface area contributed by atoms with Crippen LogP contribution in [0.15, 0.2) is 35.9 Å². The zero-order valence-corrected chi connectivity index (χ0v) is 21.3. The highest BCUT2D eigenvalue weighted by molar-refractivity contribution is 5.91. The Hall–Kier alpha value is -2.19. The van der Waals surface area contributed by atoms with Gasteiger partial charge in [-0.25, -0.2) is 0 Å². The van der Waals surface area contributed by atoms with Crippen LogP contribution in [0, 0.1) is 22.7 Å². The molecule has 2 aliphatic heterocycles. The quantitative estimate of drug-likeness (QED) is 0.484. The molecule has 5 N–H and O–H groups in total. The molecule has 4 fully saturated rings. The minimum atomic E-state index is -0.736. The SMILES string of the molecule is CN(C)[C@H]1C[C@@]23CC[C@@]4(O2)C(=CC[C@]2(C)C(c5ccc6c(N)n[nH]c6c5)=CCC24)C2CC23[C@@H](O)[C@@H]1O. The number of hydrogen-bond acceptors (Lipinski definition) is 6. The van der Waals surface area contributed by atoms with Crippen molar-refractivity contribution in [3.8, 4) is 0 Å². The van der Waals surface area contributed by atoms with E-state index in [1.165, 1.54) is 16.7 Å². The second-order valence-corrected chi connectivity index (χ2v) is 13.0. The highest BCUT2D eigenvalue weighted by atomic mass is 16.5. The minimum Gasteiger partial charge on any atom is -0.390 e. The summed E-state index contributed by atoms with van der Waals surface area (Å²) >= 11 is 0. The summed E-state index contributed by atoms with van der Waals surface area (Å²) in [6, 6.07) is 6.38. The van der Waals surface area contributed by atoms with Gasteiger partial charge in [-0.15, -0.1) is 0 Å². The van der Waals surface area contributed by atoms with Gasteiger partial charge in [-0.3, -0.25) is 5.10 Å². The van der Waals surface area contributed by atoms with Crippen molar-refractivity contribution in [1.29, 1.82) is 0 Å². The molecule has 3 heterocycles. The number of H-pyrrole nitrogens is 1. The molecule has 2 saturated carbocycles. The Morgan fingerprint density at radius 1 is 1.17 bits per heavy atom. The van der Waals surface area contributed by atoms with Gasteiger partial charge in [-0.2, -0.15) is 5.10 Å². The summed E-state index contributed by atoms with van der Waals surface area (Å²) in [5.41, 5.74) is 10.1. The summed E-state index contributed by atoms with van der Waals surface area (Å²) in [6.07, 6.45) is 9.15. The first kappa shape index (κ1) is 21.9. The van der Waals surface area contributed by atoms with E-state index in [9.17, 15) is 10.2 Å². The molecule has 4 aliphatic carbocycles. The lowest BCUT2D eigenvalue weighted by Gasteiger charge is -2.59. The highest BCUT2D eigenvalue weighted by Gasteiger charge is 2.84. The number of nitrogen functional groups attached to an aromatic ring is 1. The molecule has 1 aromatic carbocycles. The van der Waals surface area contributed by atoms with Crippen LogP contribution in [-0.4, -0.2) is 68.9 Å². The molecule has 2 aromatic rings. The van der Waals surface area contributed by atoms with E-state index >= 15 is 0 Å². The van der Waals surface area contributed by atoms with Crippen LogP contribution >= 0.6 is 0 Å². The van der Waals surface area contributed by atoms with Crippen LogP contribution in [0.3, 0.4) is 0 Å². The van der Waals surface area contributed by atoms with E-state index in [1.54, 1.807) is 0 Å². The number of nitrogens with two attached hydrogens (primary N) is 1. The predicted octanol–water partition coefficient (Wildman–Crippen LogP) is 3.25. The number of hydrogen-bond donors (Lipinski definition) is 4. The fraction of sp³-hybridized carbons (Fsp3) is 0.621. The molecule has 7 nitrogen and oxygen atoms in total. The monoisotopic (exact) mass is 488 g/mol. The smallest absolute Gasteiger partial charge is 0.153 e. The Kier molecular flexibility index (Phi) is 3.91. The van der Waals surface area contributed by atoms with Crippen LogP contribution in [0.25, 0.3) is 16.5 Å². The molecule has 6 aliphatic rings. The van der Waals surface area contributed by atoms with E-state index in [0.717, 1.165) is 49.4 Å². The number of anilines is 1. The van der Waals surface area contributed by atoms with E-state index in [-0.39, 0.29) is 28.1 Å². The van der Waals surface area contributed by atoms with Crippen LogP contribution in [0.4, 0.5) is 5.82 Å². The fourth-order valence-corrected chi connectivity index (χ4v) is 9.84. The highest BCUT2D eigenvalue weighted by Crippen LogP contribution is 2.81. The Bertz CT molecular complexity index is 1380. The average Bonchev–Trinajstić information content (AvgIpc) is 3.15. The predicted molar refractivity (Wildman–Crippen MR) is 138 cm³/mol. The second-order valence-electron chi connectivity index (χ2n) is 13.0. The molecule has 2 saturated heterocycles. The van der Waals surface area contributed by atoms with Gasteiger partial charge in [0.25, 0.3) is 0 Å². The molecule has 2 bridgehead atoms. The van der Waals surface area contributed by atoms with E-state index in [2.05, 4.69) is 52.4 Å². The van der Waals surface area contributed by atoms with E-state index in [1.807, 2.05) is 14.1 Å². The lowest BCUT2D eigenvalue weighted by molar-refractivity contribution is -0.248. The van der Waals surface area contributed by atoms with Crippen LogP contribution in [0.2, 0.25) is 0 Å². The third-order valence-corrected chi connectivity index (χ3v) is 11.6. The van der Waals surface area contributed by atoms with Crippen molar-refractivity contribution >= 4 is 22.3 Å². The van der Waals surface area contributed by atoms with Crippen molar-refractivity contribution in [2.24, 2.45) is 22.7 Å². The molecule has 0 amide bonds. The normalized spacial score (nSPS) is 48.2. The van der Waals surface area contributed by atoms with Gasteiger partial charge in [0.1, 0.15) is 0 Å². The number of fused-ring (bicyclic) bond motifs is 3. The molecule has 8 rings (SSSR count). The number of rotatable bonds is 2. The maximum Gasteiger partial charge on any atom is 0.153 e. The third-order valence-electron chi connectivity index (χ3n) is 11.6. The summed E-state index contributed by atoms with van der Waals surface area (Å²) < 4.78 is 7.43. The summed E-state index contributed by atoms with van der Waals surface area (Å²) in [5, 5.41) is 30.8. The Morgan fingerprint density at radius 2 is 2.00 bits per heavy atom. The molecule has 7 heteroatoms. The number of allylic oxidation sites excluding steroid dienone is 3. The number of benzene rings is 1. The largest absolute Gasteiger partial charge is 0.390 e. The van der Waals surface area contributed by atoms with Crippen LogP contribution < -0.4 is 5.73 Å². The standard InChI is InChI=1S/C29H36N4O3/c1-26-9-8-18-19-13-28(19)24(35)23(34)21(33(2)3)14-27(28)10-11-29(18,36-27)22(26)7-6-17(26)15-4-5-16-20(12-15)31-32-25(16)30/h4-6,8,12,19,21-24,34-35H,7,9-11,13-14H2,1-3H3,(H3,30,31,32)/t19?,21-,22?,23+,24-,26+,27+,28?,29+/m0/s1. The molecule has 0 radical (unpaired) electrons. The van der Waals surface area contributed by atoms with Crippen molar-refractivity contribution in [2.75, 3.05) is 19.8 Å². The topological polar surface area (TPSA) is 108 Å². The summed E-state index contributed by atoms with van der Waals surface area (Å²) in [6.45, 7) is 2.43. The first-order valence-corrected chi connectivity index (χ1v) is 13.5. The molecule has 3 unspecified atom stereocenters. The van der Waals surface area contributed by atoms with Gasteiger partial charge in [0.2, 0.25) is 0 Å². The van der Waals surface area contributed by atoms with E-state index < -0.39 is 12.2 Å². The van der Waals surface area contributed by atoms with Gasteiger partial charge in [-0.05, 0) is 87.4 Å². The summed E-state index contributed by atoms with van der Waals surface area (Å²) in [7, 11) is 4.01. The number of ether oxygens (including phenoxy) is 1. The Morgan fingerprint density at radius 3 is 2.81 bits per heavy atom. The zero-order chi connectivity index (χ0) is 24.8. The lowest BCUT2D eigenvalue weighted by atomic mass is 9.57. The molecule has 1 aromatic heterocycles. The van der Waals surface area contributed by atoms with Gasteiger partial charge in [0, 0.05) is 28.2 Å². The third kappa shape index (κ3) is 2.21. The second kappa shape index (κ2) is 6.44. The number of nitrogens with zero attached hydrogens (tertiary/aromatic N) is 2. The summed E-state index contributed by atoms with van der Waals surface area (Å²) in [4.78, 5) is 2.07. The fourth-order valence-electron chi connectivity index (χ4n) is 9.84. The van der Waals surface area contributed by atoms with Crippen molar-refractivity contribution in [3.05, 3.63) is 41.5 Å². The number of aromatic nitrogens is 2. The maximum atomic E-state index is 11.5. The number of aliphatic hydroxyl groups is 2. The first-order chi connectivity index (χ1) is 17.2. The van der Waals surface area contributed by atoms with Crippen molar-refractivity contribution in [1.82, 2.24) is 15.1 Å². The summed E-state index contributed by atoms with van der Waals surface area (Å²) in [5.74, 6) is 1.25. The van der Waals surface area contributed by atoms with Crippen LogP contribution in [-0.2, 0) is 4.74 Å². The lowest BCUT2D eigenvalue weighted by Crippen LogP contribution is -2.67. The molecule has 9 atom stereocenters. The van der Waals surface area contributed by atoms with Crippen LogP contribution in [0.5, 0.6) is 0 Å². The number of aliphatic hydroxyl groups excluding tert-OH is 2. The minimum absolute atomic E-state index is 0.0170. The zero-order valence-electron chi connectivity index (χ0n) is 21.3. The van der Waals surface area contributed by atoms with Crippen molar-refractivity contribution in [2.45, 2.75) is 74.9 Å². The maximum absolute atomic E-state index is 11.5. The van der Waals surface area contributed by atoms with Crippen LogP contribution in [0.1, 0.15) is 51.0 Å². The molecule has 36 heavy (non-hydrogen) atoms. The molecule has 3 spiro atoms. The van der Waals surface area contributed by atoms with Gasteiger partial charge < -0.3 is 25.6 Å². The van der Waals surface area contributed by atoms with Gasteiger partial charge >= 0.3 is 0 Å². The average molecular weight is 489 g/mol. The Balaban J connectivity index is 1.21. The van der Waals surface area contributed by atoms with Gasteiger partial charge in [0.15, 0.2) is 5.82 Å². The number of nitrogens with one attached hydrogen (secondary N) is 1. The van der Waals surface area contributed by atoms with Gasteiger partial charge in [0.05, 0.1) is 28.9 Å². The van der Waals surface area contributed by atoms with E-state index in [4.69, 9.17) is 10.5 Å². The van der Waals surface area contributed by atoms with Crippen molar-refractivity contribution < 1.29 is 14.9 Å². The first-order valence-electron chi connectivity index (χ1n) is 13.5. The van der Waals surface area contributed by atoms with Gasteiger partial charge in [-0.1, -0.05) is 25.1 Å². The van der Waals surface area contributed by atoms with E-state index in [0.29, 0.717) is 17.7 Å². The molecule has 190 valence electrons. The van der Waals surface area contributed by atoms with Crippen molar-refractivity contribution in [3.63, 3.8) is 0 Å².